The summed E-state index contributed by atoms with van der Waals surface area (Å²) in [4.78, 5) is 12.3. The van der Waals surface area contributed by atoms with Gasteiger partial charge in [0.15, 0.2) is 0 Å². The van der Waals surface area contributed by atoms with Gasteiger partial charge in [0, 0.05) is 16.0 Å². The van der Waals surface area contributed by atoms with Gasteiger partial charge < -0.3 is 4.74 Å². The van der Waals surface area contributed by atoms with Gasteiger partial charge in [-0.1, -0.05) is 71.1 Å². The Labute approximate surface area is 161 Å². The minimum atomic E-state index is -1.69. The maximum atomic E-state index is 12.3. The van der Waals surface area contributed by atoms with E-state index in [0.29, 0.717) is 10.9 Å². The maximum Gasteiger partial charge on any atom is 0.340 e. The zero-order valence-corrected chi connectivity index (χ0v) is 21.0. The third-order valence-corrected chi connectivity index (χ3v) is 15.6. The zero-order chi connectivity index (χ0) is 20.1. The van der Waals surface area contributed by atoms with Gasteiger partial charge in [0.25, 0.3) is 0 Å². The molecule has 1 aromatic heterocycles. The van der Waals surface area contributed by atoms with Crippen LogP contribution in [0.4, 0.5) is 0 Å². The van der Waals surface area contributed by atoms with Gasteiger partial charge >= 0.3 is 5.97 Å². The Morgan fingerprint density at radius 1 is 1.00 bits per heavy atom. The number of benzene rings is 1. The van der Waals surface area contributed by atoms with Gasteiger partial charge in [0.1, 0.15) is 13.6 Å². The molecular formula is C19H34N2O2Si3. The summed E-state index contributed by atoms with van der Waals surface area (Å²) in [5.74, 6) is -0.306. The Morgan fingerprint density at radius 3 is 1.96 bits per heavy atom. The highest BCUT2D eigenvalue weighted by atomic mass is 28.4. The number of fused-ring (bicyclic) bond motifs is 1. The van der Waals surface area contributed by atoms with E-state index in [2.05, 4.69) is 69.7 Å². The van der Waals surface area contributed by atoms with Crippen LogP contribution in [-0.2, 0) is 4.74 Å². The van der Waals surface area contributed by atoms with E-state index < -0.39 is 24.2 Å². The number of hydrogen-bond donors (Lipinski definition) is 0. The molecule has 0 unspecified atom stereocenters. The number of ether oxygens (including phenoxy) is 1. The average molecular weight is 407 g/mol. The molecule has 0 spiro atoms. The number of esters is 1. The molecule has 0 radical (unpaired) electrons. The summed E-state index contributed by atoms with van der Waals surface area (Å²) in [6.45, 7) is 21.8. The Hall–Kier alpha value is -1.19. The minimum Gasteiger partial charge on any atom is -0.465 e. The first-order valence-corrected chi connectivity index (χ1v) is 19.9. The number of aromatic nitrogens is 2. The highest BCUT2D eigenvalue weighted by Gasteiger charge is 2.43. The molecule has 7 heteroatoms. The van der Waals surface area contributed by atoms with Gasteiger partial charge in [-0.3, -0.25) is 4.68 Å². The molecule has 26 heavy (non-hydrogen) atoms. The Bertz CT molecular complexity index is 810. The van der Waals surface area contributed by atoms with Crippen LogP contribution in [0.3, 0.4) is 0 Å². The molecule has 0 bridgehead atoms. The third-order valence-electron chi connectivity index (χ3n) is 4.73. The lowest BCUT2D eigenvalue weighted by Gasteiger charge is -2.40. The molecule has 2 rings (SSSR count). The van der Waals surface area contributed by atoms with Crippen molar-refractivity contribution in [3.8, 4) is 0 Å². The largest absolute Gasteiger partial charge is 0.465 e. The Morgan fingerprint density at radius 2 is 1.54 bits per heavy atom. The normalized spacial score (nSPS) is 13.5. The van der Waals surface area contributed by atoms with Crippen LogP contribution in [0, 0.1) is 0 Å². The van der Waals surface area contributed by atoms with Gasteiger partial charge in [-0.2, -0.15) is 5.10 Å². The molecule has 0 aliphatic carbocycles. The number of methoxy groups -OCH3 is 1. The standard InChI is InChI=1S/C19H34N2O2Si3/c1-23-18(22)15-13-11-12-14-16(15)20-21(17(14)24(2,3)4)19(25(5,6)7)26(8,9)10/h11-13,19H,1-10H3. The smallest absolute Gasteiger partial charge is 0.340 e. The highest BCUT2D eigenvalue weighted by Crippen LogP contribution is 2.32. The number of hydrogen-bond acceptors (Lipinski definition) is 3. The van der Waals surface area contributed by atoms with E-state index in [1.807, 2.05) is 12.1 Å². The summed E-state index contributed by atoms with van der Waals surface area (Å²) in [5.41, 5.74) is 1.38. The van der Waals surface area contributed by atoms with Crippen molar-refractivity contribution in [2.75, 3.05) is 7.11 Å². The third kappa shape index (κ3) is 3.89. The second-order valence-electron chi connectivity index (χ2n) is 10.4. The van der Waals surface area contributed by atoms with E-state index in [1.165, 1.54) is 12.4 Å². The molecule has 0 fully saturated rings. The van der Waals surface area contributed by atoms with Crippen LogP contribution in [0.5, 0.6) is 0 Å². The lowest BCUT2D eigenvalue weighted by molar-refractivity contribution is 0.0602. The molecule has 1 aromatic carbocycles. The lowest BCUT2D eigenvalue weighted by atomic mass is 10.1. The predicted octanol–water partition coefficient (Wildman–Crippen LogP) is 4.66. The highest BCUT2D eigenvalue weighted by molar-refractivity contribution is 6.96. The SMILES string of the molecule is COC(=O)c1cccc2c([Si](C)(C)C)n(C([Si](C)(C)C)[Si](C)(C)C)nc12. The van der Waals surface area contributed by atoms with E-state index >= 15 is 0 Å². The first-order chi connectivity index (χ1) is 11.7. The summed E-state index contributed by atoms with van der Waals surface area (Å²) in [6.07, 6.45) is 0. The second kappa shape index (κ2) is 6.76. The lowest BCUT2D eigenvalue weighted by Crippen LogP contribution is -2.56. The topological polar surface area (TPSA) is 44.1 Å². The summed E-state index contributed by atoms with van der Waals surface area (Å²) in [6, 6.07) is 5.92. The van der Waals surface area contributed by atoms with Crippen LogP contribution in [0.25, 0.3) is 10.9 Å². The van der Waals surface area contributed by atoms with E-state index in [-0.39, 0.29) is 5.97 Å². The van der Waals surface area contributed by atoms with Crippen LogP contribution >= 0.6 is 0 Å². The fourth-order valence-corrected chi connectivity index (χ4v) is 18.7. The predicted molar refractivity (Wildman–Crippen MR) is 120 cm³/mol. The summed E-state index contributed by atoms with van der Waals surface area (Å²) in [7, 11) is -3.29. The molecule has 0 aliphatic rings. The molecule has 0 saturated heterocycles. The molecule has 0 amide bonds. The van der Waals surface area contributed by atoms with Crippen molar-refractivity contribution in [3.05, 3.63) is 23.8 Å². The molecule has 144 valence electrons. The summed E-state index contributed by atoms with van der Waals surface area (Å²) >= 11 is 0. The van der Waals surface area contributed by atoms with Crippen molar-refractivity contribution in [3.63, 3.8) is 0 Å². The van der Waals surface area contributed by atoms with E-state index in [4.69, 9.17) is 9.84 Å². The zero-order valence-electron chi connectivity index (χ0n) is 18.0. The molecule has 0 atom stereocenters. The Balaban J connectivity index is 2.95. The van der Waals surface area contributed by atoms with Crippen LogP contribution < -0.4 is 5.32 Å². The molecule has 0 N–H and O–H groups in total. The quantitative estimate of drug-likeness (QED) is 0.535. The first-order valence-electron chi connectivity index (χ1n) is 9.29. The molecule has 1 heterocycles. The second-order valence-corrected chi connectivity index (χ2v) is 26.5. The van der Waals surface area contributed by atoms with Gasteiger partial charge in [0.05, 0.1) is 28.8 Å². The fourth-order valence-electron chi connectivity index (χ4n) is 4.37. The van der Waals surface area contributed by atoms with Crippen molar-refractivity contribution < 1.29 is 9.53 Å². The van der Waals surface area contributed by atoms with Crippen molar-refractivity contribution in [1.82, 2.24) is 9.78 Å². The number of rotatable bonds is 5. The van der Waals surface area contributed by atoms with Crippen LogP contribution in [0.2, 0.25) is 58.9 Å². The van der Waals surface area contributed by atoms with Crippen molar-refractivity contribution in [2.45, 2.75) is 64.2 Å². The van der Waals surface area contributed by atoms with Gasteiger partial charge in [-0.05, 0) is 6.07 Å². The molecule has 4 nitrogen and oxygen atoms in total. The molecule has 2 aromatic rings. The molecule has 0 aliphatic heterocycles. The number of nitrogens with zero attached hydrogens (tertiary/aromatic N) is 2. The van der Waals surface area contributed by atoms with E-state index in [9.17, 15) is 4.79 Å². The van der Waals surface area contributed by atoms with Crippen molar-refractivity contribution >= 4 is 46.4 Å². The first kappa shape index (κ1) is 21.1. The van der Waals surface area contributed by atoms with E-state index in [0.717, 1.165) is 10.9 Å². The Kier molecular flexibility index (Phi) is 5.49. The molecular weight excluding hydrogens is 372 g/mol. The maximum absolute atomic E-state index is 12.3. The number of carbonyl (C=O) groups excluding carboxylic acids is 1. The number of carbonyl (C=O) groups is 1. The monoisotopic (exact) mass is 406 g/mol. The molecule has 0 saturated carbocycles. The minimum absolute atomic E-state index is 0.306. The van der Waals surface area contributed by atoms with E-state index in [1.54, 1.807) is 0 Å². The van der Waals surface area contributed by atoms with Gasteiger partial charge in [-0.15, -0.1) is 0 Å². The van der Waals surface area contributed by atoms with Crippen molar-refractivity contribution in [1.29, 1.82) is 0 Å². The fraction of sp³-hybridized carbons (Fsp3) is 0.579. The van der Waals surface area contributed by atoms with Gasteiger partial charge in [-0.25, -0.2) is 4.79 Å². The average Bonchev–Trinajstić information content (AvgIpc) is 2.81. The van der Waals surface area contributed by atoms with Gasteiger partial charge in [0.2, 0.25) is 0 Å². The van der Waals surface area contributed by atoms with Crippen molar-refractivity contribution in [2.24, 2.45) is 0 Å². The summed E-state index contributed by atoms with van der Waals surface area (Å²) < 4.78 is 7.38. The van der Waals surface area contributed by atoms with Crippen LogP contribution in [-0.4, -0.2) is 47.1 Å². The summed E-state index contributed by atoms with van der Waals surface area (Å²) in [5, 5.41) is 8.08. The van der Waals surface area contributed by atoms with Crippen LogP contribution in [0.1, 0.15) is 15.6 Å². The van der Waals surface area contributed by atoms with Crippen LogP contribution in [0.15, 0.2) is 18.2 Å².